The lowest BCUT2D eigenvalue weighted by atomic mass is 10.3. The van der Waals surface area contributed by atoms with Gasteiger partial charge in [-0.05, 0) is 6.54 Å². The summed E-state index contributed by atoms with van der Waals surface area (Å²) in [4.78, 5) is 4.15. The van der Waals surface area contributed by atoms with Gasteiger partial charge in [0.25, 0.3) is 0 Å². The van der Waals surface area contributed by atoms with Crippen LogP contribution in [0, 0.1) is 0 Å². The van der Waals surface area contributed by atoms with Crippen molar-refractivity contribution >= 4 is 11.8 Å². The molecule has 6 heteroatoms. The van der Waals surface area contributed by atoms with Crippen LogP contribution >= 0.6 is 11.8 Å². The number of thioether (sulfide) groups is 1. The molecule has 1 N–H and O–H groups in total. The first kappa shape index (κ1) is 12.5. The first-order valence-corrected chi connectivity index (χ1v) is 5.95. The number of aromatic nitrogens is 3. The van der Waals surface area contributed by atoms with Crippen molar-refractivity contribution in [2.75, 3.05) is 26.0 Å². The van der Waals surface area contributed by atoms with Gasteiger partial charge in [0.1, 0.15) is 6.33 Å². The first-order valence-electron chi connectivity index (χ1n) is 4.97. The van der Waals surface area contributed by atoms with Crippen molar-refractivity contribution in [1.82, 2.24) is 20.1 Å². The van der Waals surface area contributed by atoms with Crippen LogP contribution in [0.2, 0.25) is 0 Å². The quantitative estimate of drug-likeness (QED) is 0.693. The van der Waals surface area contributed by atoms with E-state index in [0.717, 1.165) is 24.1 Å². The summed E-state index contributed by atoms with van der Waals surface area (Å²) >= 11 is 1.69. The van der Waals surface area contributed by atoms with E-state index in [9.17, 15) is 0 Å². The van der Waals surface area contributed by atoms with E-state index in [2.05, 4.69) is 22.3 Å². The van der Waals surface area contributed by atoms with Crippen LogP contribution in [-0.2, 0) is 11.8 Å². The monoisotopic (exact) mass is 230 g/mol. The van der Waals surface area contributed by atoms with Crippen molar-refractivity contribution in [1.29, 1.82) is 0 Å². The molecule has 0 spiro atoms. The fraction of sp³-hybridized carbons (Fsp3) is 0.778. The van der Waals surface area contributed by atoms with Crippen molar-refractivity contribution in [2.45, 2.75) is 18.1 Å². The number of hydrogen-bond acceptors (Lipinski definition) is 5. The third kappa shape index (κ3) is 4.19. The van der Waals surface area contributed by atoms with Crippen molar-refractivity contribution in [3.05, 3.63) is 6.33 Å². The summed E-state index contributed by atoms with van der Waals surface area (Å²) in [6.07, 6.45) is 1.57. The van der Waals surface area contributed by atoms with Crippen LogP contribution in [0.5, 0.6) is 0 Å². The van der Waals surface area contributed by atoms with Gasteiger partial charge in [-0.25, -0.2) is 9.67 Å². The Kier molecular flexibility index (Phi) is 5.67. The van der Waals surface area contributed by atoms with E-state index >= 15 is 0 Å². The zero-order chi connectivity index (χ0) is 11.1. The van der Waals surface area contributed by atoms with Gasteiger partial charge in [0, 0.05) is 26.0 Å². The Hall–Kier alpha value is -0.590. The van der Waals surface area contributed by atoms with Gasteiger partial charge in [-0.15, -0.1) is 0 Å². The fourth-order valence-electron chi connectivity index (χ4n) is 1.25. The predicted molar refractivity (Wildman–Crippen MR) is 61.1 cm³/mol. The molecule has 1 atom stereocenters. The highest BCUT2D eigenvalue weighted by molar-refractivity contribution is 7.99. The average molecular weight is 230 g/mol. The lowest BCUT2D eigenvalue weighted by Gasteiger charge is -2.15. The summed E-state index contributed by atoms with van der Waals surface area (Å²) in [6, 6.07) is 0.363. The van der Waals surface area contributed by atoms with Crippen molar-refractivity contribution in [3.63, 3.8) is 0 Å². The molecule has 15 heavy (non-hydrogen) atoms. The maximum atomic E-state index is 5.14. The van der Waals surface area contributed by atoms with Gasteiger partial charge in [-0.2, -0.15) is 5.10 Å². The molecule has 0 saturated heterocycles. The van der Waals surface area contributed by atoms with E-state index in [1.54, 1.807) is 29.9 Å². The van der Waals surface area contributed by atoms with E-state index in [-0.39, 0.29) is 0 Å². The number of nitrogens with one attached hydrogen (secondary N) is 1. The Morgan fingerprint density at radius 2 is 2.47 bits per heavy atom. The van der Waals surface area contributed by atoms with E-state index in [1.807, 2.05) is 7.05 Å². The lowest BCUT2D eigenvalue weighted by Crippen LogP contribution is -2.35. The summed E-state index contributed by atoms with van der Waals surface area (Å²) in [5, 5.41) is 8.32. The molecule has 1 rings (SSSR count). The van der Waals surface area contributed by atoms with E-state index in [0.29, 0.717) is 6.04 Å². The Balaban J connectivity index is 2.36. The maximum absolute atomic E-state index is 5.14. The highest BCUT2D eigenvalue weighted by atomic mass is 32.2. The Labute approximate surface area is 94.6 Å². The number of rotatable bonds is 7. The second kappa shape index (κ2) is 6.81. The molecular formula is C9H18N4OS. The Morgan fingerprint density at radius 3 is 3.00 bits per heavy atom. The molecule has 0 aliphatic rings. The standard InChI is InChI=1S/C9H18N4OS/c1-4-10-8(5-14-3)6-15-9-11-7-12-13(9)2/h7-8,10H,4-6H2,1-3H3. The largest absolute Gasteiger partial charge is 0.383 e. The van der Waals surface area contributed by atoms with Crippen LogP contribution in [0.3, 0.4) is 0 Å². The van der Waals surface area contributed by atoms with E-state index in [4.69, 9.17) is 4.74 Å². The molecule has 0 radical (unpaired) electrons. The highest BCUT2D eigenvalue weighted by Crippen LogP contribution is 2.14. The van der Waals surface area contributed by atoms with E-state index in [1.165, 1.54) is 0 Å². The fourth-order valence-corrected chi connectivity index (χ4v) is 2.17. The van der Waals surface area contributed by atoms with Gasteiger partial charge in [-0.1, -0.05) is 18.7 Å². The van der Waals surface area contributed by atoms with Crippen molar-refractivity contribution in [2.24, 2.45) is 7.05 Å². The first-order chi connectivity index (χ1) is 7.27. The van der Waals surface area contributed by atoms with Gasteiger partial charge < -0.3 is 10.1 Å². The second-order valence-corrected chi connectivity index (χ2v) is 4.17. The maximum Gasteiger partial charge on any atom is 0.185 e. The Morgan fingerprint density at radius 1 is 1.67 bits per heavy atom. The molecule has 1 aromatic rings. The van der Waals surface area contributed by atoms with Gasteiger partial charge in [-0.3, -0.25) is 0 Å². The molecule has 0 aliphatic heterocycles. The third-order valence-electron chi connectivity index (χ3n) is 1.94. The van der Waals surface area contributed by atoms with Crippen LogP contribution in [0.4, 0.5) is 0 Å². The topological polar surface area (TPSA) is 52.0 Å². The van der Waals surface area contributed by atoms with Crippen molar-refractivity contribution in [3.8, 4) is 0 Å². The summed E-state index contributed by atoms with van der Waals surface area (Å²) < 4.78 is 6.92. The molecule has 1 aromatic heterocycles. The van der Waals surface area contributed by atoms with Crippen LogP contribution in [0.25, 0.3) is 0 Å². The molecule has 0 amide bonds. The smallest absolute Gasteiger partial charge is 0.185 e. The molecule has 0 fully saturated rings. The molecule has 0 bridgehead atoms. The van der Waals surface area contributed by atoms with E-state index < -0.39 is 0 Å². The summed E-state index contributed by atoms with van der Waals surface area (Å²) in [6.45, 7) is 3.77. The van der Waals surface area contributed by atoms with Crippen LogP contribution in [0.1, 0.15) is 6.92 Å². The molecule has 1 heterocycles. The number of likely N-dealkylation sites (N-methyl/N-ethyl adjacent to an activating group) is 1. The molecule has 0 aromatic carbocycles. The minimum Gasteiger partial charge on any atom is -0.383 e. The predicted octanol–water partition coefficient (Wildman–Crippen LogP) is 0.532. The summed E-state index contributed by atoms with van der Waals surface area (Å²) in [5.41, 5.74) is 0. The molecule has 0 aliphatic carbocycles. The average Bonchev–Trinajstić information content (AvgIpc) is 2.61. The highest BCUT2D eigenvalue weighted by Gasteiger charge is 2.09. The van der Waals surface area contributed by atoms with Crippen LogP contribution in [0.15, 0.2) is 11.5 Å². The van der Waals surface area contributed by atoms with Gasteiger partial charge in [0.2, 0.25) is 0 Å². The van der Waals surface area contributed by atoms with Gasteiger partial charge in [0.15, 0.2) is 5.16 Å². The SMILES string of the molecule is CCNC(COC)CSc1ncnn1C. The third-order valence-corrected chi connectivity index (χ3v) is 3.14. The molecule has 1 unspecified atom stereocenters. The van der Waals surface area contributed by atoms with Crippen LogP contribution in [-0.4, -0.2) is 46.8 Å². The second-order valence-electron chi connectivity index (χ2n) is 3.19. The normalized spacial score (nSPS) is 13.0. The summed E-state index contributed by atoms with van der Waals surface area (Å²) in [5.74, 6) is 0.939. The Bertz CT molecular complexity index is 273. The lowest BCUT2D eigenvalue weighted by molar-refractivity contribution is 0.174. The van der Waals surface area contributed by atoms with Crippen LogP contribution < -0.4 is 5.32 Å². The molecule has 86 valence electrons. The number of nitrogens with zero attached hydrogens (tertiary/aromatic N) is 3. The zero-order valence-electron chi connectivity index (χ0n) is 9.43. The number of hydrogen-bond donors (Lipinski definition) is 1. The van der Waals surface area contributed by atoms with Crippen molar-refractivity contribution < 1.29 is 4.74 Å². The number of aryl methyl sites for hydroxylation is 1. The minimum atomic E-state index is 0.363. The molecule has 5 nitrogen and oxygen atoms in total. The number of methoxy groups -OCH3 is 1. The molecule has 0 saturated carbocycles. The minimum absolute atomic E-state index is 0.363. The number of ether oxygens (including phenoxy) is 1. The van der Waals surface area contributed by atoms with Gasteiger partial charge >= 0.3 is 0 Å². The molecular weight excluding hydrogens is 212 g/mol. The summed E-state index contributed by atoms with van der Waals surface area (Å²) in [7, 11) is 3.62. The van der Waals surface area contributed by atoms with Gasteiger partial charge in [0.05, 0.1) is 6.61 Å². The zero-order valence-corrected chi connectivity index (χ0v) is 10.3.